The molecule has 9 heteroatoms. The number of carbonyl (C=O) groups is 2. The molecule has 0 aromatic heterocycles. The summed E-state index contributed by atoms with van der Waals surface area (Å²) in [5.74, 6) is -1.72. The summed E-state index contributed by atoms with van der Waals surface area (Å²) < 4.78 is 5.02. The number of rotatable bonds is 6. The summed E-state index contributed by atoms with van der Waals surface area (Å²) in [7, 11) is 0. The third kappa shape index (κ3) is 4.90. The van der Waals surface area contributed by atoms with Gasteiger partial charge in [-0.2, -0.15) is 5.26 Å². The number of hydrogen-bond donors (Lipinski definition) is 1. The molecule has 2 atom stereocenters. The highest BCUT2D eigenvalue weighted by atomic mass is 35.5. The highest BCUT2D eigenvalue weighted by molar-refractivity contribution is 6.32. The number of nitro groups is 1. The van der Waals surface area contributed by atoms with E-state index < -0.39 is 34.1 Å². The van der Waals surface area contributed by atoms with Gasteiger partial charge < -0.3 is 10.1 Å². The Balaban J connectivity index is 2.87. The second-order valence-electron chi connectivity index (χ2n) is 5.93. The standard InChI is InChI=1S/C16H18ClN3O5/c1-9(2)16(4,8-18)19-14(21)10(3)25-15(22)11-5-6-12(17)13(7-11)20(23)24/h5-7,9-10H,1-4H3,(H,19,21)/t10-,16+/m0/s1. The van der Waals surface area contributed by atoms with Crippen molar-refractivity contribution in [3.63, 3.8) is 0 Å². The predicted octanol–water partition coefficient (Wildman–Crippen LogP) is 2.85. The molecular weight excluding hydrogens is 350 g/mol. The lowest BCUT2D eigenvalue weighted by Crippen LogP contribution is -2.52. The van der Waals surface area contributed by atoms with Gasteiger partial charge in [-0.3, -0.25) is 14.9 Å². The van der Waals surface area contributed by atoms with Crippen LogP contribution in [0.3, 0.4) is 0 Å². The summed E-state index contributed by atoms with van der Waals surface area (Å²) in [5.41, 5.74) is -1.66. The molecule has 0 saturated heterocycles. The van der Waals surface area contributed by atoms with E-state index in [1.54, 1.807) is 20.8 Å². The SMILES string of the molecule is CC(C)[C@@](C)(C#N)NC(=O)[C@H](C)OC(=O)c1ccc(Cl)c([N+](=O)[O-])c1. The van der Waals surface area contributed by atoms with Gasteiger partial charge in [0, 0.05) is 6.07 Å². The number of nitrogens with zero attached hydrogens (tertiary/aromatic N) is 2. The minimum atomic E-state index is -1.19. The van der Waals surface area contributed by atoms with Crippen LogP contribution in [0, 0.1) is 27.4 Å². The van der Waals surface area contributed by atoms with Crippen LogP contribution in [0.15, 0.2) is 18.2 Å². The molecule has 1 aromatic rings. The fourth-order valence-corrected chi connectivity index (χ4v) is 1.91. The van der Waals surface area contributed by atoms with E-state index >= 15 is 0 Å². The number of amides is 1. The van der Waals surface area contributed by atoms with E-state index in [9.17, 15) is 25.0 Å². The van der Waals surface area contributed by atoms with Crippen LogP contribution >= 0.6 is 11.6 Å². The quantitative estimate of drug-likeness (QED) is 0.468. The van der Waals surface area contributed by atoms with E-state index in [0.29, 0.717) is 0 Å². The molecule has 0 radical (unpaired) electrons. The Kier molecular flexibility index (Phi) is 6.48. The van der Waals surface area contributed by atoms with E-state index in [2.05, 4.69) is 5.32 Å². The molecular formula is C16H18ClN3O5. The van der Waals surface area contributed by atoms with Gasteiger partial charge in [0.05, 0.1) is 16.6 Å². The Bertz CT molecular complexity index is 744. The van der Waals surface area contributed by atoms with E-state index in [1.807, 2.05) is 6.07 Å². The average molecular weight is 368 g/mol. The summed E-state index contributed by atoms with van der Waals surface area (Å²) in [6.45, 7) is 6.45. The molecule has 8 nitrogen and oxygen atoms in total. The number of nitrogens with one attached hydrogen (secondary N) is 1. The first-order chi connectivity index (χ1) is 11.5. The zero-order valence-electron chi connectivity index (χ0n) is 14.2. The van der Waals surface area contributed by atoms with Crippen molar-refractivity contribution in [3.05, 3.63) is 38.9 Å². The topological polar surface area (TPSA) is 122 Å². The Morgan fingerprint density at radius 3 is 2.48 bits per heavy atom. The lowest BCUT2D eigenvalue weighted by Gasteiger charge is -2.28. The fourth-order valence-electron chi connectivity index (χ4n) is 1.72. The molecule has 1 aromatic carbocycles. The highest BCUT2D eigenvalue weighted by Crippen LogP contribution is 2.25. The van der Waals surface area contributed by atoms with E-state index in [1.165, 1.54) is 19.1 Å². The minimum Gasteiger partial charge on any atom is -0.449 e. The maximum Gasteiger partial charge on any atom is 0.339 e. The van der Waals surface area contributed by atoms with Gasteiger partial charge in [-0.1, -0.05) is 25.4 Å². The number of esters is 1. The van der Waals surface area contributed by atoms with Crippen molar-refractivity contribution in [1.29, 1.82) is 5.26 Å². The number of ether oxygens (including phenoxy) is 1. The maximum atomic E-state index is 12.1. The first kappa shape index (κ1) is 20.4. The largest absolute Gasteiger partial charge is 0.449 e. The number of halogens is 1. The monoisotopic (exact) mass is 367 g/mol. The number of benzene rings is 1. The molecule has 0 unspecified atom stereocenters. The fraction of sp³-hybridized carbons (Fsp3) is 0.438. The summed E-state index contributed by atoms with van der Waals surface area (Å²) in [6, 6.07) is 5.45. The molecule has 1 rings (SSSR count). The zero-order valence-corrected chi connectivity index (χ0v) is 15.0. The molecule has 1 N–H and O–H groups in total. The van der Waals surface area contributed by atoms with Crippen LogP contribution < -0.4 is 5.32 Å². The molecule has 0 heterocycles. The third-order valence-corrected chi connectivity index (χ3v) is 4.12. The Labute approximate surface area is 149 Å². The van der Waals surface area contributed by atoms with Gasteiger partial charge in [-0.15, -0.1) is 0 Å². The minimum absolute atomic E-state index is 0.109. The van der Waals surface area contributed by atoms with Crippen LogP contribution in [0.1, 0.15) is 38.1 Å². The van der Waals surface area contributed by atoms with Gasteiger partial charge in [0.1, 0.15) is 10.6 Å². The normalized spacial score (nSPS) is 14.1. The molecule has 0 spiro atoms. The van der Waals surface area contributed by atoms with Crippen molar-refractivity contribution in [2.24, 2.45) is 5.92 Å². The lowest BCUT2D eigenvalue weighted by molar-refractivity contribution is -0.384. The van der Waals surface area contributed by atoms with Gasteiger partial charge in [-0.25, -0.2) is 4.79 Å². The molecule has 0 saturated carbocycles. The van der Waals surface area contributed by atoms with E-state index in [-0.39, 0.29) is 16.5 Å². The summed E-state index contributed by atoms with van der Waals surface area (Å²) >= 11 is 5.68. The third-order valence-electron chi connectivity index (χ3n) is 3.80. The van der Waals surface area contributed by atoms with E-state index in [0.717, 1.165) is 6.07 Å². The molecule has 0 aliphatic carbocycles. The summed E-state index contributed by atoms with van der Waals surface area (Å²) in [5, 5.41) is 22.5. The van der Waals surface area contributed by atoms with Crippen LogP contribution in [0.2, 0.25) is 5.02 Å². The molecule has 25 heavy (non-hydrogen) atoms. The molecule has 0 fully saturated rings. The maximum absolute atomic E-state index is 12.1. The van der Waals surface area contributed by atoms with Crippen molar-refractivity contribution in [1.82, 2.24) is 5.32 Å². The summed E-state index contributed by atoms with van der Waals surface area (Å²) in [4.78, 5) is 34.4. The Morgan fingerprint density at radius 1 is 1.40 bits per heavy atom. The van der Waals surface area contributed by atoms with Crippen LogP contribution in [-0.2, 0) is 9.53 Å². The first-order valence-corrected chi connectivity index (χ1v) is 7.77. The number of nitriles is 1. The Morgan fingerprint density at radius 2 is 2.00 bits per heavy atom. The first-order valence-electron chi connectivity index (χ1n) is 7.40. The van der Waals surface area contributed by atoms with Crippen LogP contribution in [-0.4, -0.2) is 28.4 Å². The molecule has 1 amide bonds. The summed E-state index contributed by atoms with van der Waals surface area (Å²) in [6.07, 6.45) is -1.19. The average Bonchev–Trinajstić information content (AvgIpc) is 2.54. The van der Waals surface area contributed by atoms with E-state index in [4.69, 9.17) is 16.3 Å². The predicted molar refractivity (Wildman–Crippen MR) is 90.0 cm³/mol. The molecule has 0 aliphatic rings. The molecule has 134 valence electrons. The van der Waals surface area contributed by atoms with Gasteiger partial charge >= 0.3 is 5.97 Å². The number of hydrogen-bond acceptors (Lipinski definition) is 6. The van der Waals surface area contributed by atoms with Gasteiger partial charge in [0.25, 0.3) is 11.6 Å². The van der Waals surface area contributed by atoms with Crippen molar-refractivity contribution in [3.8, 4) is 6.07 Å². The Hall–Kier alpha value is -2.66. The van der Waals surface area contributed by atoms with Gasteiger partial charge in [-0.05, 0) is 31.9 Å². The van der Waals surface area contributed by atoms with Crippen molar-refractivity contribution >= 4 is 29.2 Å². The van der Waals surface area contributed by atoms with Crippen molar-refractivity contribution in [2.45, 2.75) is 39.3 Å². The number of carbonyl (C=O) groups excluding carboxylic acids is 2. The van der Waals surface area contributed by atoms with Crippen LogP contribution in [0.5, 0.6) is 0 Å². The zero-order chi connectivity index (χ0) is 19.4. The number of nitro benzene ring substituents is 1. The van der Waals surface area contributed by atoms with Gasteiger partial charge in [0.15, 0.2) is 6.10 Å². The lowest BCUT2D eigenvalue weighted by atomic mass is 9.90. The molecule has 0 bridgehead atoms. The van der Waals surface area contributed by atoms with Crippen LogP contribution in [0.25, 0.3) is 0 Å². The second kappa shape index (κ2) is 7.94. The van der Waals surface area contributed by atoms with Crippen molar-refractivity contribution < 1.29 is 19.2 Å². The highest BCUT2D eigenvalue weighted by Gasteiger charge is 2.32. The molecule has 0 aliphatic heterocycles. The van der Waals surface area contributed by atoms with Gasteiger partial charge in [0.2, 0.25) is 0 Å². The van der Waals surface area contributed by atoms with Crippen LogP contribution in [0.4, 0.5) is 5.69 Å². The van der Waals surface area contributed by atoms with Crippen molar-refractivity contribution in [2.75, 3.05) is 0 Å². The smallest absolute Gasteiger partial charge is 0.339 e. The second-order valence-corrected chi connectivity index (χ2v) is 6.34.